The van der Waals surface area contributed by atoms with E-state index in [2.05, 4.69) is 12.6 Å². The van der Waals surface area contributed by atoms with Gasteiger partial charge in [-0.2, -0.15) is 12.6 Å². The first-order chi connectivity index (χ1) is 6.74. The Kier molecular flexibility index (Phi) is 4.80. The summed E-state index contributed by atoms with van der Waals surface area (Å²) in [6, 6.07) is 4.81. The van der Waals surface area contributed by atoms with Crippen LogP contribution in [0.2, 0.25) is 0 Å². The van der Waals surface area contributed by atoms with Gasteiger partial charge in [0, 0.05) is 0 Å². The van der Waals surface area contributed by atoms with Crippen LogP contribution in [0, 0.1) is 12.7 Å². The summed E-state index contributed by atoms with van der Waals surface area (Å²) in [6.07, 6.45) is 2.03. The number of rotatable bonds is 5. The fraction of sp³-hybridized carbons (Fsp3) is 0.455. The van der Waals surface area contributed by atoms with Crippen molar-refractivity contribution in [3.05, 3.63) is 29.6 Å². The van der Waals surface area contributed by atoms with E-state index < -0.39 is 0 Å². The summed E-state index contributed by atoms with van der Waals surface area (Å²) in [7, 11) is 0. The average molecular weight is 214 g/mol. The highest BCUT2D eigenvalue weighted by Gasteiger charge is 1.99. The van der Waals surface area contributed by atoms with Crippen LogP contribution < -0.4 is 4.74 Å². The molecule has 0 N–H and O–H groups in total. The summed E-state index contributed by atoms with van der Waals surface area (Å²) in [5.74, 6) is 1.43. The Morgan fingerprint density at radius 3 is 2.79 bits per heavy atom. The lowest BCUT2D eigenvalue weighted by Gasteiger charge is -2.06. The molecule has 0 saturated heterocycles. The lowest BCUT2D eigenvalue weighted by Crippen LogP contribution is -1.98. The van der Waals surface area contributed by atoms with Crippen LogP contribution in [0.4, 0.5) is 4.39 Å². The zero-order chi connectivity index (χ0) is 10.4. The molecule has 0 fully saturated rings. The van der Waals surface area contributed by atoms with Gasteiger partial charge in [-0.3, -0.25) is 0 Å². The zero-order valence-electron chi connectivity index (χ0n) is 8.29. The van der Waals surface area contributed by atoms with Gasteiger partial charge in [0.05, 0.1) is 6.61 Å². The second-order valence-electron chi connectivity index (χ2n) is 3.19. The van der Waals surface area contributed by atoms with Crippen LogP contribution in [0.1, 0.15) is 18.4 Å². The molecule has 0 amide bonds. The quantitative estimate of drug-likeness (QED) is 0.585. The van der Waals surface area contributed by atoms with Crippen molar-refractivity contribution in [1.82, 2.24) is 0 Å². The number of benzene rings is 1. The molecule has 0 bridgehead atoms. The van der Waals surface area contributed by atoms with Crippen LogP contribution in [-0.2, 0) is 0 Å². The van der Waals surface area contributed by atoms with Crippen LogP contribution in [0.3, 0.4) is 0 Å². The Morgan fingerprint density at radius 2 is 2.14 bits per heavy atom. The zero-order valence-corrected chi connectivity index (χ0v) is 9.19. The molecular formula is C11H15FOS. The maximum atomic E-state index is 12.9. The normalized spacial score (nSPS) is 10.2. The van der Waals surface area contributed by atoms with Gasteiger partial charge in [-0.25, -0.2) is 4.39 Å². The SMILES string of the molecule is Cc1cc(OCCCCS)ccc1F. The van der Waals surface area contributed by atoms with Crippen molar-refractivity contribution in [2.24, 2.45) is 0 Å². The summed E-state index contributed by atoms with van der Waals surface area (Å²) in [6.45, 7) is 2.40. The van der Waals surface area contributed by atoms with Crippen LogP contribution in [-0.4, -0.2) is 12.4 Å². The fourth-order valence-electron chi connectivity index (χ4n) is 1.11. The first-order valence-corrected chi connectivity index (χ1v) is 5.37. The van der Waals surface area contributed by atoms with Gasteiger partial charge in [0.15, 0.2) is 0 Å². The second-order valence-corrected chi connectivity index (χ2v) is 3.64. The topological polar surface area (TPSA) is 9.23 Å². The molecule has 1 aromatic carbocycles. The number of halogens is 1. The van der Waals surface area contributed by atoms with Gasteiger partial charge in [-0.05, 0) is 49.3 Å². The minimum Gasteiger partial charge on any atom is -0.494 e. The third kappa shape index (κ3) is 3.58. The molecule has 1 nitrogen and oxygen atoms in total. The first kappa shape index (κ1) is 11.4. The van der Waals surface area contributed by atoms with Gasteiger partial charge in [-0.1, -0.05) is 0 Å². The maximum Gasteiger partial charge on any atom is 0.126 e. The molecule has 0 aliphatic rings. The number of thiol groups is 1. The number of unbranched alkanes of at least 4 members (excludes halogenated alkanes) is 1. The van der Waals surface area contributed by atoms with Crippen molar-refractivity contribution in [2.45, 2.75) is 19.8 Å². The first-order valence-electron chi connectivity index (χ1n) is 4.74. The van der Waals surface area contributed by atoms with Crippen LogP contribution in [0.5, 0.6) is 5.75 Å². The molecule has 0 aromatic heterocycles. The summed E-state index contributed by atoms with van der Waals surface area (Å²) < 4.78 is 18.3. The maximum absolute atomic E-state index is 12.9. The molecule has 1 rings (SSSR count). The summed E-state index contributed by atoms with van der Waals surface area (Å²) in [4.78, 5) is 0. The lowest BCUT2D eigenvalue weighted by molar-refractivity contribution is 0.309. The monoisotopic (exact) mass is 214 g/mol. The molecule has 78 valence electrons. The van der Waals surface area contributed by atoms with E-state index in [1.807, 2.05) is 0 Å². The van der Waals surface area contributed by atoms with Crippen LogP contribution in [0.15, 0.2) is 18.2 Å². The van der Waals surface area contributed by atoms with Gasteiger partial charge < -0.3 is 4.74 Å². The average Bonchev–Trinajstić information content (AvgIpc) is 2.18. The van der Waals surface area contributed by atoms with Gasteiger partial charge in [0.1, 0.15) is 11.6 Å². The molecule has 14 heavy (non-hydrogen) atoms. The highest BCUT2D eigenvalue weighted by molar-refractivity contribution is 7.80. The number of hydrogen-bond donors (Lipinski definition) is 1. The molecule has 0 radical (unpaired) electrons. The predicted molar refractivity (Wildman–Crippen MR) is 59.7 cm³/mol. The number of aryl methyl sites for hydroxylation is 1. The van der Waals surface area contributed by atoms with E-state index in [-0.39, 0.29) is 5.82 Å². The van der Waals surface area contributed by atoms with E-state index in [4.69, 9.17) is 4.74 Å². The van der Waals surface area contributed by atoms with Gasteiger partial charge in [0.25, 0.3) is 0 Å². The third-order valence-corrected chi connectivity index (χ3v) is 2.27. The highest BCUT2D eigenvalue weighted by Crippen LogP contribution is 2.16. The van der Waals surface area contributed by atoms with Crippen LogP contribution >= 0.6 is 12.6 Å². The smallest absolute Gasteiger partial charge is 0.126 e. The molecule has 1 aromatic rings. The number of ether oxygens (including phenoxy) is 1. The Hall–Kier alpha value is -0.700. The molecule has 0 atom stereocenters. The molecule has 0 unspecified atom stereocenters. The van der Waals surface area contributed by atoms with Crippen molar-refractivity contribution < 1.29 is 9.13 Å². The fourth-order valence-corrected chi connectivity index (χ4v) is 1.33. The van der Waals surface area contributed by atoms with Crippen molar-refractivity contribution in [2.75, 3.05) is 12.4 Å². The number of hydrogen-bond acceptors (Lipinski definition) is 2. The third-order valence-electron chi connectivity index (χ3n) is 1.95. The standard InChI is InChI=1S/C11H15FOS/c1-9-8-10(4-5-11(9)12)13-6-2-3-7-14/h4-5,8,14H,2-3,6-7H2,1H3. The molecule has 0 heterocycles. The molecule has 0 aliphatic carbocycles. The Morgan fingerprint density at radius 1 is 1.36 bits per heavy atom. The van der Waals surface area contributed by atoms with Gasteiger partial charge in [-0.15, -0.1) is 0 Å². The van der Waals surface area contributed by atoms with Crippen LogP contribution in [0.25, 0.3) is 0 Å². The van der Waals surface area contributed by atoms with E-state index in [0.717, 1.165) is 24.3 Å². The van der Waals surface area contributed by atoms with Crippen molar-refractivity contribution >= 4 is 12.6 Å². The Bertz CT molecular complexity index is 289. The Labute approximate surface area is 89.7 Å². The molecule has 0 aliphatic heterocycles. The molecule has 3 heteroatoms. The summed E-state index contributed by atoms with van der Waals surface area (Å²) >= 11 is 4.11. The predicted octanol–water partition coefficient (Wildman–Crippen LogP) is 3.22. The van der Waals surface area contributed by atoms with E-state index in [1.165, 1.54) is 6.07 Å². The van der Waals surface area contributed by atoms with E-state index in [1.54, 1.807) is 19.1 Å². The minimum absolute atomic E-state index is 0.187. The van der Waals surface area contributed by atoms with Gasteiger partial charge in [0.2, 0.25) is 0 Å². The lowest BCUT2D eigenvalue weighted by atomic mass is 10.2. The van der Waals surface area contributed by atoms with E-state index in [9.17, 15) is 4.39 Å². The van der Waals surface area contributed by atoms with E-state index in [0.29, 0.717) is 12.2 Å². The highest BCUT2D eigenvalue weighted by atomic mass is 32.1. The molecule has 0 saturated carbocycles. The van der Waals surface area contributed by atoms with Crippen molar-refractivity contribution in [3.63, 3.8) is 0 Å². The largest absolute Gasteiger partial charge is 0.494 e. The van der Waals surface area contributed by atoms with Gasteiger partial charge >= 0.3 is 0 Å². The van der Waals surface area contributed by atoms with Crippen molar-refractivity contribution in [1.29, 1.82) is 0 Å². The molecule has 0 spiro atoms. The summed E-state index contributed by atoms with van der Waals surface area (Å²) in [5.41, 5.74) is 0.622. The second kappa shape index (κ2) is 5.91. The van der Waals surface area contributed by atoms with Crippen molar-refractivity contribution in [3.8, 4) is 5.75 Å². The summed E-state index contributed by atoms with van der Waals surface area (Å²) in [5, 5.41) is 0. The Balaban J connectivity index is 2.39. The molecular weight excluding hydrogens is 199 g/mol. The minimum atomic E-state index is -0.187. The van der Waals surface area contributed by atoms with E-state index >= 15 is 0 Å².